The van der Waals surface area contributed by atoms with Gasteiger partial charge in [-0.3, -0.25) is 14.2 Å². The molecule has 3 rings (SSSR count). The SMILES string of the molecule is CCC(C)[C@@H](C(=O)O)c1c(C)n(C(=O)c2ccc(OC(F)F)cc2)c2cc(F)c(OC)cc12. The van der Waals surface area contributed by atoms with Crippen molar-refractivity contribution < 1.29 is 37.3 Å². The third-order valence-corrected chi connectivity index (χ3v) is 5.85. The summed E-state index contributed by atoms with van der Waals surface area (Å²) in [5.74, 6) is -3.73. The smallest absolute Gasteiger partial charge is 0.387 e. The Morgan fingerprint density at radius 3 is 2.30 bits per heavy atom. The largest absolute Gasteiger partial charge is 0.494 e. The van der Waals surface area contributed by atoms with Gasteiger partial charge in [0.25, 0.3) is 5.91 Å². The molecule has 1 aromatic heterocycles. The summed E-state index contributed by atoms with van der Waals surface area (Å²) >= 11 is 0. The van der Waals surface area contributed by atoms with E-state index in [0.717, 1.165) is 6.07 Å². The van der Waals surface area contributed by atoms with Crippen LogP contribution in [-0.4, -0.2) is 35.3 Å². The highest BCUT2D eigenvalue weighted by molar-refractivity contribution is 6.05. The summed E-state index contributed by atoms with van der Waals surface area (Å²) in [5.41, 5.74) is 1.07. The Morgan fingerprint density at radius 1 is 1.15 bits per heavy atom. The van der Waals surface area contributed by atoms with E-state index in [9.17, 15) is 27.9 Å². The number of aromatic nitrogens is 1. The molecule has 0 aliphatic carbocycles. The molecule has 0 saturated heterocycles. The highest BCUT2D eigenvalue weighted by Crippen LogP contribution is 2.39. The molecule has 6 nitrogen and oxygen atoms in total. The van der Waals surface area contributed by atoms with Crippen LogP contribution >= 0.6 is 0 Å². The van der Waals surface area contributed by atoms with Crippen LogP contribution in [0.4, 0.5) is 13.2 Å². The van der Waals surface area contributed by atoms with Crippen LogP contribution < -0.4 is 9.47 Å². The molecule has 176 valence electrons. The number of halogens is 3. The van der Waals surface area contributed by atoms with Gasteiger partial charge in [0.1, 0.15) is 5.75 Å². The number of methoxy groups -OCH3 is 1. The number of carbonyl (C=O) groups is 2. The Hall–Kier alpha value is -3.49. The minimum atomic E-state index is -3.00. The average molecular weight is 463 g/mol. The van der Waals surface area contributed by atoms with Gasteiger partial charge < -0.3 is 14.6 Å². The van der Waals surface area contributed by atoms with Gasteiger partial charge in [-0.1, -0.05) is 20.3 Å². The number of carbonyl (C=O) groups excluding carboxylic acids is 1. The van der Waals surface area contributed by atoms with Crippen molar-refractivity contribution in [2.75, 3.05) is 7.11 Å². The molecule has 2 aromatic carbocycles. The lowest BCUT2D eigenvalue weighted by molar-refractivity contribution is -0.140. The quantitative estimate of drug-likeness (QED) is 0.470. The minimum Gasteiger partial charge on any atom is -0.494 e. The Balaban J connectivity index is 2.25. The molecular weight excluding hydrogens is 439 g/mol. The Labute approximate surface area is 188 Å². The van der Waals surface area contributed by atoms with Crippen molar-refractivity contribution in [2.24, 2.45) is 5.92 Å². The summed E-state index contributed by atoms with van der Waals surface area (Å²) in [7, 11) is 1.30. The molecule has 0 spiro atoms. The third-order valence-electron chi connectivity index (χ3n) is 5.85. The summed E-state index contributed by atoms with van der Waals surface area (Å²) in [6.07, 6.45) is 0.570. The summed E-state index contributed by atoms with van der Waals surface area (Å²) in [6, 6.07) is 7.61. The molecule has 0 aliphatic heterocycles. The fraction of sp³-hybridized carbons (Fsp3) is 0.333. The van der Waals surface area contributed by atoms with Crippen LogP contribution in [-0.2, 0) is 4.79 Å². The van der Waals surface area contributed by atoms with Crippen LogP contribution in [0.2, 0.25) is 0 Å². The maximum atomic E-state index is 14.6. The van der Waals surface area contributed by atoms with E-state index in [4.69, 9.17) is 4.74 Å². The molecule has 0 fully saturated rings. The first-order valence-corrected chi connectivity index (χ1v) is 10.3. The zero-order chi connectivity index (χ0) is 24.4. The van der Waals surface area contributed by atoms with E-state index in [0.29, 0.717) is 23.1 Å². The number of alkyl halides is 2. The van der Waals surface area contributed by atoms with E-state index in [1.54, 1.807) is 13.8 Å². The summed E-state index contributed by atoms with van der Waals surface area (Å²) < 4.78 is 50.1. The maximum Gasteiger partial charge on any atom is 0.387 e. The molecule has 2 atom stereocenters. The number of carboxylic acid groups (broad SMARTS) is 1. The van der Waals surface area contributed by atoms with Gasteiger partial charge in [0.2, 0.25) is 0 Å². The summed E-state index contributed by atoms with van der Waals surface area (Å²) in [5, 5.41) is 10.4. The molecule has 33 heavy (non-hydrogen) atoms. The van der Waals surface area contributed by atoms with Crippen molar-refractivity contribution in [3.05, 3.63) is 59.0 Å². The molecule has 1 heterocycles. The second-order valence-corrected chi connectivity index (χ2v) is 7.75. The van der Waals surface area contributed by atoms with Crippen LogP contribution in [0.5, 0.6) is 11.5 Å². The van der Waals surface area contributed by atoms with Crippen LogP contribution in [0.25, 0.3) is 10.9 Å². The van der Waals surface area contributed by atoms with Gasteiger partial charge >= 0.3 is 12.6 Å². The first-order chi connectivity index (χ1) is 15.6. The molecular formula is C24H24F3NO5. The summed E-state index contributed by atoms with van der Waals surface area (Å²) in [6.45, 7) is 2.26. The third kappa shape index (κ3) is 4.53. The number of fused-ring (bicyclic) bond motifs is 1. The van der Waals surface area contributed by atoms with Crippen molar-refractivity contribution in [3.8, 4) is 11.5 Å². The Morgan fingerprint density at radius 2 is 1.79 bits per heavy atom. The number of ether oxygens (including phenoxy) is 2. The van der Waals surface area contributed by atoms with Crippen molar-refractivity contribution in [3.63, 3.8) is 0 Å². The lowest BCUT2D eigenvalue weighted by Gasteiger charge is -2.20. The number of aliphatic carboxylic acids is 1. The monoisotopic (exact) mass is 463 g/mol. The number of carboxylic acids is 1. The maximum absolute atomic E-state index is 14.6. The molecule has 0 radical (unpaired) electrons. The van der Waals surface area contributed by atoms with Crippen LogP contribution in [0.3, 0.4) is 0 Å². The van der Waals surface area contributed by atoms with E-state index in [2.05, 4.69) is 4.74 Å². The minimum absolute atomic E-state index is 0.0739. The van der Waals surface area contributed by atoms with Crippen molar-refractivity contribution in [1.29, 1.82) is 0 Å². The highest BCUT2D eigenvalue weighted by atomic mass is 19.3. The Kier molecular flexibility index (Phi) is 7.00. The predicted molar refractivity (Wildman–Crippen MR) is 116 cm³/mol. The molecule has 9 heteroatoms. The van der Waals surface area contributed by atoms with Gasteiger partial charge in [-0.15, -0.1) is 0 Å². The van der Waals surface area contributed by atoms with E-state index < -0.39 is 30.2 Å². The topological polar surface area (TPSA) is 77.8 Å². The van der Waals surface area contributed by atoms with Gasteiger partial charge in [-0.2, -0.15) is 8.78 Å². The van der Waals surface area contributed by atoms with Crippen LogP contribution in [0, 0.1) is 18.7 Å². The fourth-order valence-electron chi connectivity index (χ4n) is 4.05. The number of rotatable bonds is 8. The standard InChI is InChI=1S/C24H24F3NO5/c1-5-12(2)20(23(30)31)21-13(3)28(18-11-17(25)19(32-4)10-16(18)21)22(29)14-6-8-15(9-7-14)33-24(26)27/h6-12,20,24H,5H2,1-4H3,(H,30,31)/t12?,20-/m1/s1. The second-order valence-electron chi connectivity index (χ2n) is 7.75. The Bertz CT molecular complexity index is 1190. The molecule has 0 bridgehead atoms. The zero-order valence-electron chi connectivity index (χ0n) is 18.6. The summed E-state index contributed by atoms with van der Waals surface area (Å²) in [4.78, 5) is 25.6. The van der Waals surface area contributed by atoms with Crippen molar-refractivity contribution >= 4 is 22.8 Å². The lowest BCUT2D eigenvalue weighted by atomic mass is 9.84. The first kappa shape index (κ1) is 24.2. The number of benzene rings is 2. The molecule has 0 saturated carbocycles. The van der Waals surface area contributed by atoms with E-state index in [1.165, 1.54) is 42.0 Å². The average Bonchev–Trinajstić information content (AvgIpc) is 3.03. The molecule has 3 aromatic rings. The van der Waals surface area contributed by atoms with Crippen LogP contribution in [0.1, 0.15) is 47.8 Å². The number of nitrogens with zero attached hydrogens (tertiary/aromatic N) is 1. The number of hydrogen-bond acceptors (Lipinski definition) is 4. The van der Waals surface area contributed by atoms with Gasteiger partial charge in [-0.25, -0.2) is 4.39 Å². The zero-order valence-corrected chi connectivity index (χ0v) is 18.6. The van der Waals surface area contributed by atoms with Crippen molar-refractivity contribution in [2.45, 2.75) is 39.7 Å². The first-order valence-electron chi connectivity index (χ1n) is 10.3. The normalized spacial score (nSPS) is 13.2. The van der Waals surface area contributed by atoms with Gasteiger partial charge in [-0.05, 0) is 48.7 Å². The van der Waals surface area contributed by atoms with Gasteiger partial charge in [0.15, 0.2) is 11.6 Å². The molecule has 1 unspecified atom stereocenters. The highest BCUT2D eigenvalue weighted by Gasteiger charge is 2.33. The molecule has 0 aliphatic rings. The van der Waals surface area contributed by atoms with Gasteiger partial charge in [0, 0.05) is 22.7 Å². The fourth-order valence-corrected chi connectivity index (χ4v) is 4.05. The number of hydrogen-bond donors (Lipinski definition) is 1. The van der Waals surface area contributed by atoms with Crippen LogP contribution in [0.15, 0.2) is 36.4 Å². The predicted octanol–water partition coefficient (Wildman–Crippen LogP) is 5.60. The molecule has 0 amide bonds. The van der Waals surface area contributed by atoms with Gasteiger partial charge in [0.05, 0.1) is 18.5 Å². The lowest BCUT2D eigenvalue weighted by Crippen LogP contribution is -2.21. The van der Waals surface area contributed by atoms with E-state index in [-0.39, 0.29) is 28.5 Å². The van der Waals surface area contributed by atoms with Crippen molar-refractivity contribution in [1.82, 2.24) is 4.57 Å². The second kappa shape index (κ2) is 9.56. The van der Waals surface area contributed by atoms with E-state index in [1.807, 2.05) is 6.92 Å². The van der Waals surface area contributed by atoms with E-state index >= 15 is 0 Å². The molecule has 1 N–H and O–H groups in total.